The normalized spacial score (nSPS) is 10.3. The maximum Gasteiger partial charge on any atom is 0.253 e. The average molecular weight is 271 g/mol. The quantitative estimate of drug-likeness (QED) is 0.508. The molecule has 0 aliphatic rings. The van der Waals surface area contributed by atoms with Gasteiger partial charge < -0.3 is 21.5 Å². The van der Waals surface area contributed by atoms with Crippen LogP contribution in [0.3, 0.4) is 0 Å². The summed E-state index contributed by atoms with van der Waals surface area (Å²) < 4.78 is 4.90. The highest BCUT2D eigenvalue weighted by Gasteiger charge is 2.22. The van der Waals surface area contributed by atoms with Gasteiger partial charge in [0, 0.05) is 20.1 Å². The molecule has 18 heavy (non-hydrogen) atoms. The van der Waals surface area contributed by atoms with E-state index in [1.165, 1.54) is 0 Å². The Morgan fingerprint density at radius 3 is 2.61 bits per heavy atom. The summed E-state index contributed by atoms with van der Waals surface area (Å²) in [5.41, 5.74) is 11.4. The van der Waals surface area contributed by atoms with Crippen LogP contribution in [-0.2, 0) is 4.74 Å². The minimum atomic E-state index is -0.640. The molecule has 1 rings (SSSR count). The van der Waals surface area contributed by atoms with Crippen molar-refractivity contribution in [2.75, 3.05) is 31.3 Å². The first-order chi connectivity index (χ1) is 8.52. The third-order valence-corrected chi connectivity index (χ3v) is 3.56. The maximum atomic E-state index is 11.7. The van der Waals surface area contributed by atoms with Crippen molar-refractivity contribution >= 4 is 33.7 Å². The summed E-state index contributed by atoms with van der Waals surface area (Å²) in [4.78, 5) is 23.4. The Hall–Kier alpha value is -1.60. The van der Waals surface area contributed by atoms with Crippen molar-refractivity contribution in [1.29, 1.82) is 0 Å². The topological polar surface area (TPSA) is 107 Å². The fraction of sp³-hybridized carbons (Fsp3) is 0.455. The number of nitrogen functional groups attached to an aromatic ring is 1. The van der Waals surface area contributed by atoms with Crippen molar-refractivity contribution in [3.05, 3.63) is 10.4 Å². The van der Waals surface area contributed by atoms with Gasteiger partial charge in [0.2, 0.25) is 0 Å². The van der Waals surface area contributed by atoms with E-state index in [1.54, 1.807) is 14.0 Å². The molecule has 1 aromatic heterocycles. The number of carbonyl (C=O) groups is 2. The number of hydrogen-bond donors (Lipinski definition) is 3. The summed E-state index contributed by atoms with van der Waals surface area (Å²) in [5, 5.41) is 3.52. The van der Waals surface area contributed by atoms with Gasteiger partial charge in [-0.2, -0.15) is 0 Å². The molecule has 0 radical (unpaired) electrons. The number of amides is 1. The molecule has 0 atom stereocenters. The molecule has 6 nitrogen and oxygen atoms in total. The van der Waals surface area contributed by atoms with Crippen molar-refractivity contribution in [2.45, 2.75) is 13.3 Å². The van der Waals surface area contributed by atoms with Gasteiger partial charge in [-0.05, 0) is 0 Å². The summed E-state index contributed by atoms with van der Waals surface area (Å²) in [7, 11) is 1.57. The molecule has 0 fully saturated rings. The van der Waals surface area contributed by atoms with Crippen molar-refractivity contribution in [1.82, 2.24) is 0 Å². The highest BCUT2D eigenvalue weighted by Crippen LogP contribution is 2.36. The van der Waals surface area contributed by atoms with Crippen molar-refractivity contribution in [3.8, 4) is 0 Å². The highest BCUT2D eigenvalue weighted by atomic mass is 32.1. The molecule has 0 aliphatic heterocycles. The molecule has 0 aliphatic carbocycles. The number of Topliss-reactive ketones (excluding diaryl/α,β-unsaturated/α-hetero) is 1. The van der Waals surface area contributed by atoms with Gasteiger partial charge in [-0.25, -0.2) is 0 Å². The van der Waals surface area contributed by atoms with E-state index < -0.39 is 5.91 Å². The number of carbonyl (C=O) groups excluding carboxylic acids is 2. The fourth-order valence-corrected chi connectivity index (χ4v) is 2.61. The molecule has 0 bridgehead atoms. The Labute approximate surface area is 109 Å². The van der Waals surface area contributed by atoms with Crippen LogP contribution in [0.15, 0.2) is 0 Å². The van der Waals surface area contributed by atoms with Crippen LogP contribution >= 0.6 is 11.3 Å². The minimum Gasteiger partial charge on any atom is -0.397 e. The van der Waals surface area contributed by atoms with Gasteiger partial charge in [0.25, 0.3) is 5.91 Å². The monoisotopic (exact) mass is 271 g/mol. The second-order valence-corrected chi connectivity index (χ2v) is 4.63. The van der Waals surface area contributed by atoms with Crippen LogP contribution in [0.5, 0.6) is 0 Å². The smallest absolute Gasteiger partial charge is 0.253 e. The molecule has 0 spiro atoms. The summed E-state index contributed by atoms with van der Waals surface area (Å²) in [5.74, 6) is -0.737. The predicted molar refractivity (Wildman–Crippen MR) is 72.2 cm³/mol. The lowest BCUT2D eigenvalue weighted by Crippen LogP contribution is -2.16. The van der Waals surface area contributed by atoms with Crippen LogP contribution in [0.2, 0.25) is 0 Å². The maximum absolute atomic E-state index is 11.7. The molecular weight excluding hydrogens is 254 g/mol. The predicted octanol–water partition coefficient (Wildman–Crippen LogP) is 1.08. The van der Waals surface area contributed by atoms with E-state index in [4.69, 9.17) is 16.2 Å². The Morgan fingerprint density at radius 2 is 2.11 bits per heavy atom. The van der Waals surface area contributed by atoms with Crippen LogP contribution in [0.4, 0.5) is 10.7 Å². The van der Waals surface area contributed by atoms with E-state index in [0.29, 0.717) is 29.5 Å². The zero-order chi connectivity index (χ0) is 13.7. The van der Waals surface area contributed by atoms with Gasteiger partial charge >= 0.3 is 0 Å². The highest BCUT2D eigenvalue weighted by molar-refractivity contribution is 7.19. The van der Waals surface area contributed by atoms with Crippen LogP contribution in [-0.4, -0.2) is 32.0 Å². The largest absolute Gasteiger partial charge is 0.397 e. The lowest BCUT2D eigenvalue weighted by atomic mass is 10.1. The number of anilines is 2. The molecule has 0 aromatic carbocycles. The summed E-state index contributed by atoms with van der Waals surface area (Å²) in [6.07, 6.45) is 0.334. The first-order valence-electron chi connectivity index (χ1n) is 5.50. The number of ketones is 1. The van der Waals surface area contributed by atoms with Gasteiger partial charge in [0.1, 0.15) is 5.00 Å². The molecule has 0 saturated heterocycles. The van der Waals surface area contributed by atoms with Crippen molar-refractivity contribution in [2.24, 2.45) is 5.73 Å². The number of thiophene rings is 1. The Morgan fingerprint density at radius 1 is 1.44 bits per heavy atom. The lowest BCUT2D eigenvalue weighted by molar-refractivity contribution is 0.0991. The first-order valence-corrected chi connectivity index (χ1v) is 6.32. The first kappa shape index (κ1) is 14.5. The van der Waals surface area contributed by atoms with Gasteiger partial charge in [0.15, 0.2) is 5.78 Å². The molecule has 1 heterocycles. The Balaban J connectivity index is 3.08. The minimum absolute atomic E-state index is 0.0974. The average Bonchev–Trinajstić information content (AvgIpc) is 2.66. The van der Waals surface area contributed by atoms with Gasteiger partial charge in [0.05, 0.1) is 22.7 Å². The molecule has 0 saturated carbocycles. The van der Waals surface area contributed by atoms with Gasteiger partial charge in [-0.15, -0.1) is 11.3 Å². The number of nitrogens with two attached hydrogens (primary N) is 2. The Bertz CT molecular complexity index is 457. The number of hydrogen-bond acceptors (Lipinski definition) is 6. The number of nitrogens with one attached hydrogen (secondary N) is 1. The molecule has 1 amide bonds. The van der Waals surface area contributed by atoms with Crippen LogP contribution in [0, 0.1) is 0 Å². The molecule has 0 unspecified atom stereocenters. The Kier molecular flexibility index (Phi) is 5.11. The number of rotatable bonds is 7. The second kappa shape index (κ2) is 6.36. The molecular formula is C11H17N3O3S. The van der Waals surface area contributed by atoms with E-state index in [9.17, 15) is 9.59 Å². The molecule has 1 aromatic rings. The van der Waals surface area contributed by atoms with E-state index >= 15 is 0 Å². The fourth-order valence-electron chi connectivity index (χ4n) is 1.45. The zero-order valence-electron chi connectivity index (χ0n) is 10.4. The second-order valence-electron chi connectivity index (χ2n) is 3.61. The van der Waals surface area contributed by atoms with Crippen molar-refractivity contribution in [3.63, 3.8) is 0 Å². The van der Waals surface area contributed by atoms with Crippen LogP contribution in [0.1, 0.15) is 33.4 Å². The third-order valence-electron chi connectivity index (χ3n) is 2.36. The number of primary amides is 1. The standard InChI is InChI=1S/C11H17N3O3S/c1-3-6(15)9-8(12)7(10(13)16)11(18-9)14-4-5-17-2/h14H,3-5,12H2,1-2H3,(H2,13,16). The number of methoxy groups -OCH3 is 1. The third kappa shape index (κ3) is 2.99. The van der Waals surface area contributed by atoms with Crippen LogP contribution < -0.4 is 16.8 Å². The van der Waals surface area contributed by atoms with E-state index in [2.05, 4.69) is 5.32 Å². The van der Waals surface area contributed by atoms with Gasteiger partial charge in [-0.1, -0.05) is 6.92 Å². The van der Waals surface area contributed by atoms with Gasteiger partial charge in [-0.3, -0.25) is 9.59 Å². The molecule has 100 valence electrons. The van der Waals surface area contributed by atoms with E-state index in [1.807, 2.05) is 0 Å². The van der Waals surface area contributed by atoms with E-state index in [-0.39, 0.29) is 17.0 Å². The summed E-state index contributed by atoms with van der Waals surface area (Å²) in [6, 6.07) is 0. The van der Waals surface area contributed by atoms with Crippen molar-refractivity contribution < 1.29 is 14.3 Å². The van der Waals surface area contributed by atoms with E-state index in [0.717, 1.165) is 11.3 Å². The molecule has 5 N–H and O–H groups in total. The zero-order valence-corrected chi connectivity index (χ0v) is 11.2. The lowest BCUT2D eigenvalue weighted by Gasteiger charge is -2.04. The summed E-state index contributed by atoms with van der Waals surface area (Å²) in [6.45, 7) is 2.73. The SMILES string of the molecule is CCC(=O)c1sc(NCCOC)c(C(N)=O)c1N. The molecule has 7 heteroatoms. The van der Waals surface area contributed by atoms with Crippen LogP contribution in [0.25, 0.3) is 0 Å². The summed E-state index contributed by atoms with van der Waals surface area (Å²) >= 11 is 1.16. The number of ether oxygens (including phenoxy) is 1.